The highest BCUT2D eigenvalue weighted by molar-refractivity contribution is 5.98. The van der Waals surface area contributed by atoms with Crippen LogP contribution in [0.1, 0.15) is 36.0 Å². The van der Waals surface area contributed by atoms with E-state index in [0.29, 0.717) is 22.9 Å². The molecule has 2 aromatic rings. The maximum Gasteiger partial charge on any atom is 0.252 e. The normalized spacial score (nSPS) is 18.2. The van der Waals surface area contributed by atoms with E-state index in [1.807, 2.05) is 0 Å². The molecule has 1 aliphatic carbocycles. The minimum Gasteiger partial charge on any atom is -0.493 e. The monoisotopic (exact) mass is 433 g/mol. The molecule has 168 valence electrons. The molecule has 2 atom stereocenters. The largest absolute Gasteiger partial charge is 0.493 e. The van der Waals surface area contributed by atoms with E-state index in [1.165, 1.54) is 21.3 Å². The third-order valence-corrected chi connectivity index (χ3v) is 5.31. The molecule has 0 saturated heterocycles. The molecule has 0 unspecified atom stereocenters. The van der Waals surface area contributed by atoms with Crippen molar-refractivity contribution in [2.75, 3.05) is 32.0 Å². The maximum absolute atomic E-state index is 14.7. The number of anilines is 3. The van der Waals surface area contributed by atoms with Gasteiger partial charge in [-0.05, 0) is 18.9 Å². The smallest absolute Gasteiger partial charge is 0.252 e. The molecule has 0 bridgehead atoms. The Bertz CT molecular complexity index is 931. The highest BCUT2D eigenvalue weighted by Gasteiger charge is 2.25. The first-order valence-electron chi connectivity index (χ1n) is 9.97. The summed E-state index contributed by atoms with van der Waals surface area (Å²) < 4.78 is 30.7. The molecule has 1 aromatic carbocycles. The average molecular weight is 433 g/mol. The highest BCUT2D eigenvalue weighted by Crippen LogP contribution is 2.41. The number of hydrogen-bond donors (Lipinski definition) is 4. The van der Waals surface area contributed by atoms with Gasteiger partial charge in [0.25, 0.3) is 5.91 Å². The standard InChI is InChI=1S/C21H28FN5O4/c1-29-16-8-11(9-17(30-2)18(16)31-3)25-20-12(19(24)28)10-13(22)21(27-20)26-15-7-5-4-6-14(15)23/h8-10,14-15H,4-7,23H2,1-3H3,(H2,24,28)(H2,25,26,27)/t14-,15+/m0/s1. The second-order valence-electron chi connectivity index (χ2n) is 7.32. The topological polar surface area (TPSA) is 134 Å². The van der Waals surface area contributed by atoms with Gasteiger partial charge in [-0.15, -0.1) is 0 Å². The van der Waals surface area contributed by atoms with Crippen LogP contribution in [-0.2, 0) is 0 Å². The molecule has 1 aromatic heterocycles. The van der Waals surface area contributed by atoms with E-state index in [0.717, 1.165) is 31.7 Å². The summed E-state index contributed by atoms with van der Waals surface area (Å²) in [6.07, 6.45) is 3.72. The Morgan fingerprint density at radius 2 is 1.71 bits per heavy atom. The Morgan fingerprint density at radius 1 is 1.06 bits per heavy atom. The van der Waals surface area contributed by atoms with E-state index in [4.69, 9.17) is 25.7 Å². The van der Waals surface area contributed by atoms with Crippen LogP contribution >= 0.6 is 0 Å². The lowest BCUT2D eigenvalue weighted by atomic mass is 9.91. The number of nitrogens with two attached hydrogens (primary N) is 2. The fourth-order valence-electron chi connectivity index (χ4n) is 3.68. The molecule has 1 saturated carbocycles. The van der Waals surface area contributed by atoms with Crippen molar-refractivity contribution in [2.24, 2.45) is 11.5 Å². The number of nitrogens with one attached hydrogen (secondary N) is 2. The fraction of sp³-hybridized carbons (Fsp3) is 0.429. The first-order chi connectivity index (χ1) is 14.9. The minimum atomic E-state index is -0.817. The lowest BCUT2D eigenvalue weighted by molar-refractivity contribution is 0.100. The number of methoxy groups -OCH3 is 3. The van der Waals surface area contributed by atoms with Crippen LogP contribution in [0.5, 0.6) is 17.2 Å². The lowest BCUT2D eigenvalue weighted by Gasteiger charge is -2.30. The van der Waals surface area contributed by atoms with Gasteiger partial charge in [-0.3, -0.25) is 4.79 Å². The molecule has 31 heavy (non-hydrogen) atoms. The van der Waals surface area contributed by atoms with Gasteiger partial charge in [-0.2, -0.15) is 0 Å². The number of aromatic nitrogens is 1. The molecule has 1 aliphatic rings. The summed E-state index contributed by atoms with van der Waals surface area (Å²) >= 11 is 0. The number of pyridine rings is 1. The van der Waals surface area contributed by atoms with Crippen molar-refractivity contribution in [3.8, 4) is 17.2 Å². The zero-order chi connectivity index (χ0) is 22.5. The van der Waals surface area contributed by atoms with E-state index < -0.39 is 11.7 Å². The van der Waals surface area contributed by atoms with Crippen molar-refractivity contribution in [2.45, 2.75) is 37.8 Å². The van der Waals surface area contributed by atoms with Crippen molar-refractivity contribution in [3.63, 3.8) is 0 Å². The van der Waals surface area contributed by atoms with Gasteiger partial charge in [0.05, 0.1) is 26.9 Å². The van der Waals surface area contributed by atoms with E-state index in [2.05, 4.69) is 15.6 Å². The molecule has 0 radical (unpaired) electrons. The summed E-state index contributed by atoms with van der Waals surface area (Å²) in [7, 11) is 4.47. The number of halogens is 1. The fourth-order valence-corrected chi connectivity index (χ4v) is 3.68. The number of hydrogen-bond acceptors (Lipinski definition) is 8. The Morgan fingerprint density at radius 3 is 2.26 bits per heavy atom. The molecule has 0 aliphatic heterocycles. The van der Waals surface area contributed by atoms with E-state index >= 15 is 0 Å². The number of primary amides is 1. The summed E-state index contributed by atoms with van der Waals surface area (Å²) in [5.74, 6) is -0.190. The predicted octanol–water partition coefficient (Wildman–Crippen LogP) is 2.77. The highest BCUT2D eigenvalue weighted by atomic mass is 19.1. The van der Waals surface area contributed by atoms with Crippen LogP contribution in [0.4, 0.5) is 21.7 Å². The third kappa shape index (κ3) is 4.91. The molecule has 1 amide bonds. The Kier molecular flexibility index (Phi) is 7.01. The summed E-state index contributed by atoms with van der Waals surface area (Å²) in [5.41, 5.74) is 12.0. The number of ether oxygens (including phenoxy) is 3. The average Bonchev–Trinajstić information content (AvgIpc) is 2.76. The maximum atomic E-state index is 14.7. The Balaban J connectivity index is 1.98. The zero-order valence-corrected chi connectivity index (χ0v) is 17.8. The molecule has 0 spiro atoms. The van der Waals surface area contributed by atoms with Crippen LogP contribution in [0.3, 0.4) is 0 Å². The number of carbonyl (C=O) groups excluding carboxylic acids is 1. The van der Waals surface area contributed by atoms with Crippen molar-refractivity contribution < 1.29 is 23.4 Å². The van der Waals surface area contributed by atoms with Gasteiger partial charge in [0.15, 0.2) is 23.1 Å². The van der Waals surface area contributed by atoms with Crippen molar-refractivity contribution >= 4 is 23.2 Å². The second kappa shape index (κ2) is 9.69. The van der Waals surface area contributed by atoms with Crippen molar-refractivity contribution in [1.82, 2.24) is 4.98 Å². The summed E-state index contributed by atoms with van der Waals surface area (Å²) in [4.78, 5) is 16.2. The van der Waals surface area contributed by atoms with Gasteiger partial charge >= 0.3 is 0 Å². The van der Waals surface area contributed by atoms with E-state index in [9.17, 15) is 9.18 Å². The number of nitrogens with zero attached hydrogens (tertiary/aromatic N) is 1. The SMILES string of the molecule is COc1cc(Nc2nc(N[C@@H]3CCCC[C@@H]3N)c(F)cc2C(N)=O)cc(OC)c1OC. The number of carbonyl (C=O) groups is 1. The van der Waals surface area contributed by atoms with Gasteiger partial charge in [-0.1, -0.05) is 12.8 Å². The summed E-state index contributed by atoms with van der Waals surface area (Å²) in [6, 6.07) is 4.14. The van der Waals surface area contributed by atoms with E-state index in [-0.39, 0.29) is 29.3 Å². The first kappa shape index (κ1) is 22.4. The van der Waals surface area contributed by atoms with Gasteiger partial charge in [0.1, 0.15) is 5.82 Å². The van der Waals surface area contributed by atoms with Crippen LogP contribution in [0.25, 0.3) is 0 Å². The number of benzene rings is 1. The zero-order valence-electron chi connectivity index (χ0n) is 17.8. The third-order valence-electron chi connectivity index (χ3n) is 5.31. The van der Waals surface area contributed by atoms with Crippen molar-refractivity contribution in [1.29, 1.82) is 0 Å². The second-order valence-corrected chi connectivity index (χ2v) is 7.32. The molecule has 6 N–H and O–H groups in total. The van der Waals surface area contributed by atoms with Gasteiger partial charge in [0, 0.05) is 29.9 Å². The number of rotatable bonds is 8. The predicted molar refractivity (Wildman–Crippen MR) is 116 cm³/mol. The van der Waals surface area contributed by atoms with Crippen LogP contribution in [0.15, 0.2) is 18.2 Å². The molecule has 1 fully saturated rings. The quantitative estimate of drug-likeness (QED) is 0.499. The molecule has 10 heteroatoms. The van der Waals surface area contributed by atoms with Gasteiger partial charge in [0.2, 0.25) is 5.75 Å². The summed E-state index contributed by atoms with van der Waals surface area (Å²) in [6.45, 7) is 0. The summed E-state index contributed by atoms with van der Waals surface area (Å²) in [5, 5.41) is 6.09. The Labute approximate surface area is 180 Å². The Hall–Kier alpha value is -3.27. The van der Waals surface area contributed by atoms with E-state index in [1.54, 1.807) is 12.1 Å². The minimum absolute atomic E-state index is 0.00212. The molecular formula is C21H28FN5O4. The van der Waals surface area contributed by atoms with Crippen LogP contribution in [0.2, 0.25) is 0 Å². The first-order valence-corrected chi connectivity index (χ1v) is 9.97. The van der Waals surface area contributed by atoms with Crippen LogP contribution in [-0.4, -0.2) is 44.3 Å². The molecule has 3 rings (SSSR count). The van der Waals surface area contributed by atoms with Crippen LogP contribution in [0, 0.1) is 5.82 Å². The molecular weight excluding hydrogens is 405 g/mol. The van der Waals surface area contributed by atoms with Crippen molar-refractivity contribution in [3.05, 3.63) is 29.6 Å². The lowest BCUT2D eigenvalue weighted by Crippen LogP contribution is -2.43. The molecule has 9 nitrogen and oxygen atoms in total. The molecule has 1 heterocycles. The van der Waals surface area contributed by atoms with Crippen LogP contribution < -0.4 is 36.3 Å². The van der Waals surface area contributed by atoms with Gasteiger partial charge in [-0.25, -0.2) is 9.37 Å². The number of amides is 1. The van der Waals surface area contributed by atoms with Gasteiger partial charge < -0.3 is 36.3 Å².